The number of hydrogen-bond acceptors (Lipinski definition) is 4. The highest BCUT2D eigenvalue weighted by Crippen LogP contribution is 2.23. The fourth-order valence-corrected chi connectivity index (χ4v) is 4.45. The molecule has 0 aliphatic carbocycles. The Bertz CT molecular complexity index is 707. The Morgan fingerprint density at radius 2 is 1.96 bits per heavy atom. The minimum absolute atomic E-state index is 0.0978. The maximum absolute atomic E-state index is 12.2. The van der Waals surface area contributed by atoms with E-state index < -0.39 is 0 Å². The van der Waals surface area contributed by atoms with Gasteiger partial charge in [0.2, 0.25) is 5.91 Å². The second-order valence-corrected chi connectivity index (χ2v) is 7.82. The van der Waals surface area contributed by atoms with Crippen molar-refractivity contribution in [3.8, 4) is 0 Å². The molecule has 0 radical (unpaired) electrons. The predicted octanol–water partition coefficient (Wildman–Crippen LogP) is 3.53. The Morgan fingerprint density at radius 3 is 2.73 bits per heavy atom. The molecule has 26 heavy (non-hydrogen) atoms. The minimum atomic E-state index is 0.0978. The summed E-state index contributed by atoms with van der Waals surface area (Å²) in [6.45, 7) is 7.27. The number of carbonyl (C=O) groups is 1. The summed E-state index contributed by atoms with van der Waals surface area (Å²) in [5.41, 5.74) is 2.13. The van der Waals surface area contributed by atoms with Crippen LogP contribution in [-0.2, 0) is 11.3 Å². The van der Waals surface area contributed by atoms with Gasteiger partial charge in [0, 0.05) is 13.1 Å². The van der Waals surface area contributed by atoms with Crippen molar-refractivity contribution in [2.24, 2.45) is 0 Å². The van der Waals surface area contributed by atoms with E-state index in [4.69, 9.17) is 0 Å². The standard InChI is InChI=1S/C20H30N4OS/c1-2-24-18-11-6-5-10-17(18)22-20(24)26-16-19(25)21-12-9-15-23-13-7-3-4-8-14-23/h5-6,10-11H,2-4,7-9,12-16H2,1H3,(H,21,25). The van der Waals surface area contributed by atoms with Gasteiger partial charge in [-0.1, -0.05) is 36.7 Å². The summed E-state index contributed by atoms with van der Waals surface area (Å²) in [5, 5.41) is 3.98. The van der Waals surface area contributed by atoms with Gasteiger partial charge in [-0.2, -0.15) is 0 Å². The zero-order valence-corrected chi connectivity index (χ0v) is 16.6. The van der Waals surface area contributed by atoms with Gasteiger partial charge in [0.25, 0.3) is 0 Å². The first-order valence-corrected chi connectivity index (χ1v) is 10.8. The van der Waals surface area contributed by atoms with Crippen molar-refractivity contribution in [2.45, 2.75) is 50.7 Å². The Balaban J connectivity index is 1.40. The molecule has 1 aliphatic rings. The van der Waals surface area contributed by atoms with E-state index in [-0.39, 0.29) is 5.91 Å². The molecule has 1 saturated heterocycles. The number of para-hydroxylation sites is 2. The summed E-state index contributed by atoms with van der Waals surface area (Å²) in [6, 6.07) is 8.13. The Labute approximate surface area is 160 Å². The maximum atomic E-state index is 12.2. The van der Waals surface area contributed by atoms with Crippen molar-refractivity contribution < 1.29 is 4.79 Å². The molecule has 0 spiro atoms. The number of fused-ring (bicyclic) bond motifs is 1. The topological polar surface area (TPSA) is 50.2 Å². The van der Waals surface area contributed by atoms with Gasteiger partial charge in [-0.15, -0.1) is 0 Å². The van der Waals surface area contributed by atoms with Crippen LogP contribution in [0.4, 0.5) is 0 Å². The van der Waals surface area contributed by atoms with Crippen molar-refractivity contribution >= 4 is 28.7 Å². The number of aryl methyl sites for hydroxylation is 1. The number of carbonyl (C=O) groups excluding carboxylic acids is 1. The molecular weight excluding hydrogens is 344 g/mol. The highest BCUT2D eigenvalue weighted by Gasteiger charge is 2.12. The average Bonchev–Trinajstić information content (AvgIpc) is 2.81. The number of imidazole rings is 1. The predicted molar refractivity (Wildman–Crippen MR) is 109 cm³/mol. The van der Waals surface area contributed by atoms with Gasteiger partial charge >= 0.3 is 0 Å². The molecule has 1 aromatic heterocycles. The van der Waals surface area contributed by atoms with Gasteiger partial charge in [-0.05, 0) is 58.0 Å². The maximum Gasteiger partial charge on any atom is 0.230 e. The zero-order chi connectivity index (χ0) is 18.2. The Kier molecular flexibility index (Phi) is 7.38. The summed E-state index contributed by atoms with van der Waals surface area (Å²) in [4.78, 5) is 19.4. The quantitative estimate of drug-likeness (QED) is 0.567. The lowest BCUT2D eigenvalue weighted by Crippen LogP contribution is -2.31. The van der Waals surface area contributed by atoms with Crippen molar-refractivity contribution in [1.82, 2.24) is 19.8 Å². The number of benzene rings is 1. The van der Waals surface area contributed by atoms with Crippen LogP contribution in [0.25, 0.3) is 11.0 Å². The fourth-order valence-electron chi connectivity index (χ4n) is 3.54. The molecule has 3 rings (SSSR count). The van der Waals surface area contributed by atoms with Crippen LogP contribution in [0, 0.1) is 0 Å². The molecule has 0 saturated carbocycles. The van der Waals surface area contributed by atoms with E-state index in [9.17, 15) is 4.79 Å². The third-order valence-electron chi connectivity index (χ3n) is 4.94. The van der Waals surface area contributed by atoms with E-state index in [1.54, 1.807) is 0 Å². The normalized spacial score (nSPS) is 15.9. The lowest BCUT2D eigenvalue weighted by molar-refractivity contribution is -0.118. The van der Waals surface area contributed by atoms with Crippen LogP contribution in [0.2, 0.25) is 0 Å². The van der Waals surface area contributed by atoms with E-state index in [0.29, 0.717) is 5.75 Å². The van der Waals surface area contributed by atoms with Crippen LogP contribution in [0.1, 0.15) is 39.0 Å². The summed E-state index contributed by atoms with van der Waals surface area (Å²) in [7, 11) is 0. The van der Waals surface area contributed by atoms with Crippen LogP contribution in [0.3, 0.4) is 0 Å². The summed E-state index contributed by atoms with van der Waals surface area (Å²) in [6.07, 6.45) is 6.41. The van der Waals surface area contributed by atoms with Crippen LogP contribution < -0.4 is 5.32 Å². The molecule has 6 heteroatoms. The van der Waals surface area contributed by atoms with Crippen molar-refractivity contribution in [1.29, 1.82) is 0 Å². The van der Waals surface area contributed by atoms with Gasteiger partial charge in [-0.3, -0.25) is 4.79 Å². The number of nitrogens with zero attached hydrogens (tertiary/aromatic N) is 3. The molecule has 2 aromatic rings. The molecule has 1 fully saturated rings. The van der Waals surface area contributed by atoms with E-state index in [2.05, 4.69) is 32.8 Å². The largest absolute Gasteiger partial charge is 0.355 e. The Morgan fingerprint density at radius 1 is 1.19 bits per heavy atom. The van der Waals surface area contributed by atoms with Crippen molar-refractivity contribution in [3.05, 3.63) is 24.3 Å². The molecule has 142 valence electrons. The van der Waals surface area contributed by atoms with E-state index in [1.165, 1.54) is 50.5 Å². The van der Waals surface area contributed by atoms with E-state index >= 15 is 0 Å². The van der Waals surface area contributed by atoms with Crippen LogP contribution in [-0.4, -0.2) is 52.3 Å². The molecular formula is C20H30N4OS. The number of thioether (sulfide) groups is 1. The SMILES string of the molecule is CCn1c(SCC(=O)NCCCN2CCCCCC2)nc2ccccc21. The van der Waals surface area contributed by atoms with E-state index in [0.717, 1.165) is 42.2 Å². The van der Waals surface area contributed by atoms with E-state index in [1.807, 2.05) is 18.2 Å². The highest BCUT2D eigenvalue weighted by atomic mass is 32.2. The lowest BCUT2D eigenvalue weighted by Gasteiger charge is -2.19. The third-order valence-corrected chi connectivity index (χ3v) is 5.92. The van der Waals surface area contributed by atoms with Gasteiger partial charge in [0.15, 0.2) is 5.16 Å². The monoisotopic (exact) mass is 374 g/mol. The number of likely N-dealkylation sites (tertiary alicyclic amines) is 1. The van der Waals surface area contributed by atoms with Crippen LogP contribution >= 0.6 is 11.8 Å². The second kappa shape index (κ2) is 9.97. The molecule has 0 atom stereocenters. The average molecular weight is 375 g/mol. The molecule has 2 heterocycles. The Hall–Kier alpha value is -1.53. The fraction of sp³-hybridized carbons (Fsp3) is 0.600. The number of aromatic nitrogens is 2. The number of nitrogens with one attached hydrogen (secondary N) is 1. The molecule has 1 aliphatic heterocycles. The summed E-state index contributed by atoms with van der Waals surface area (Å²) < 4.78 is 2.17. The second-order valence-electron chi connectivity index (χ2n) is 6.88. The number of rotatable bonds is 8. The molecule has 1 aromatic carbocycles. The first kappa shape index (κ1) is 19.2. The van der Waals surface area contributed by atoms with Crippen LogP contribution in [0.15, 0.2) is 29.4 Å². The number of hydrogen-bond donors (Lipinski definition) is 1. The lowest BCUT2D eigenvalue weighted by atomic mass is 10.2. The van der Waals surface area contributed by atoms with Gasteiger partial charge < -0.3 is 14.8 Å². The minimum Gasteiger partial charge on any atom is -0.355 e. The van der Waals surface area contributed by atoms with Gasteiger partial charge in [-0.25, -0.2) is 4.98 Å². The molecule has 1 N–H and O–H groups in total. The molecule has 5 nitrogen and oxygen atoms in total. The van der Waals surface area contributed by atoms with Crippen molar-refractivity contribution in [2.75, 3.05) is 31.9 Å². The molecule has 0 bridgehead atoms. The molecule has 1 amide bonds. The number of amides is 1. The van der Waals surface area contributed by atoms with Crippen LogP contribution in [0.5, 0.6) is 0 Å². The smallest absolute Gasteiger partial charge is 0.230 e. The van der Waals surface area contributed by atoms with Gasteiger partial charge in [0.05, 0.1) is 16.8 Å². The highest BCUT2D eigenvalue weighted by molar-refractivity contribution is 7.99. The summed E-state index contributed by atoms with van der Waals surface area (Å²) in [5.74, 6) is 0.521. The third kappa shape index (κ3) is 5.24. The summed E-state index contributed by atoms with van der Waals surface area (Å²) >= 11 is 1.52. The zero-order valence-electron chi connectivity index (χ0n) is 15.7. The van der Waals surface area contributed by atoms with Gasteiger partial charge in [0.1, 0.15) is 0 Å². The van der Waals surface area contributed by atoms with Crippen molar-refractivity contribution in [3.63, 3.8) is 0 Å². The first-order chi connectivity index (χ1) is 12.8. The molecule has 0 unspecified atom stereocenters. The first-order valence-electron chi connectivity index (χ1n) is 9.85.